The van der Waals surface area contributed by atoms with E-state index in [9.17, 15) is 18.0 Å². The van der Waals surface area contributed by atoms with Crippen LogP contribution in [0.1, 0.15) is 12.0 Å². The molecule has 0 aliphatic carbocycles. The summed E-state index contributed by atoms with van der Waals surface area (Å²) in [4.78, 5) is 28.7. The monoisotopic (exact) mass is 363 g/mol. The van der Waals surface area contributed by atoms with Gasteiger partial charge in [0.05, 0.1) is 0 Å². The van der Waals surface area contributed by atoms with Crippen LogP contribution in [0, 0.1) is 0 Å². The van der Waals surface area contributed by atoms with E-state index in [-0.39, 0.29) is 24.3 Å². The molecule has 4 N–H and O–H groups in total. The van der Waals surface area contributed by atoms with Gasteiger partial charge in [0.2, 0.25) is 0 Å². The number of aryl methyl sites for hydroxylation is 1. The molecule has 0 atom stereocenters. The number of sulfone groups is 1. The van der Waals surface area contributed by atoms with Crippen LogP contribution in [0.4, 0.5) is 5.69 Å². The SMILES string of the molecule is CS(=O)(=O)CNc1ccc2[nH]c(=O)c3[nH]cc(CCC(=O)O)c3c2c1. The quantitative estimate of drug-likeness (QED) is 0.524. The first-order valence-corrected chi connectivity index (χ1v) is 9.60. The van der Waals surface area contributed by atoms with Crippen molar-refractivity contribution in [1.29, 1.82) is 0 Å². The van der Waals surface area contributed by atoms with E-state index in [0.717, 1.165) is 17.2 Å². The van der Waals surface area contributed by atoms with Crippen LogP contribution in [-0.2, 0) is 21.1 Å². The predicted molar refractivity (Wildman–Crippen MR) is 95.7 cm³/mol. The molecule has 0 aliphatic rings. The van der Waals surface area contributed by atoms with Gasteiger partial charge in [-0.1, -0.05) is 0 Å². The van der Waals surface area contributed by atoms with Gasteiger partial charge in [-0.2, -0.15) is 0 Å². The molecule has 3 aromatic rings. The van der Waals surface area contributed by atoms with E-state index in [1.807, 2.05) is 0 Å². The summed E-state index contributed by atoms with van der Waals surface area (Å²) < 4.78 is 22.6. The molecule has 0 bridgehead atoms. The highest BCUT2D eigenvalue weighted by molar-refractivity contribution is 7.90. The lowest BCUT2D eigenvalue weighted by molar-refractivity contribution is -0.136. The number of nitrogens with one attached hydrogen (secondary N) is 3. The Kier molecular flexibility index (Phi) is 4.25. The van der Waals surface area contributed by atoms with E-state index in [1.54, 1.807) is 24.4 Å². The number of carboxylic acid groups (broad SMARTS) is 1. The molecule has 25 heavy (non-hydrogen) atoms. The first-order chi connectivity index (χ1) is 11.7. The van der Waals surface area contributed by atoms with Crippen LogP contribution in [0.2, 0.25) is 0 Å². The van der Waals surface area contributed by atoms with Gasteiger partial charge in [0.15, 0.2) is 9.84 Å². The zero-order chi connectivity index (χ0) is 18.2. The second kappa shape index (κ2) is 6.25. The molecule has 2 aromatic heterocycles. The molecule has 8 nitrogen and oxygen atoms in total. The van der Waals surface area contributed by atoms with E-state index < -0.39 is 15.8 Å². The highest BCUT2D eigenvalue weighted by atomic mass is 32.2. The number of fused-ring (bicyclic) bond motifs is 3. The van der Waals surface area contributed by atoms with Crippen LogP contribution in [0.25, 0.3) is 21.8 Å². The largest absolute Gasteiger partial charge is 0.481 e. The summed E-state index contributed by atoms with van der Waals surface area (Å²) in [6, 6.07) is 5.12. The minimum atomic E-state index is -3.18. The first kappa shape index (κ1) is 17.0. The Bertz CT molecular complexity index is 1130. The lowest BCUT2D eigenvalue weighted by Crippen LogP contribution is -2.12. The third-order valence-corrected chi connectivity index (χ3v) is 4.54. The first-order valence-electron chi connectivity index (χ1n) is 7.54. The van der Waals surface area contributed by atoms with E-state index in [1.165, 1.54) is 0 Å². The number of anilines is 1. The average molecular weight is 363 g/mol. The van der Waals surface area contributed by atoms with Crippen LogP contribution < -0.4 is 10.9 Å². The Morgan fingerprint density at radius 2 is 2.08 bits per heavy atom. The summed E-state index contributed by atoms with van der Waals surface area (Å²) in [6.07, 6.45) is 3.01. The Morgan fingerprint density at radius 3 is 2.76 bits per heavy atom. The molecule has 3 rings (SSSR count). The number of rotatable bonds is 6. The molecule has 0 radical (unpaired) electrons. The Hall–Kier alpha value is -2.81. The molecule has 0 spiro atoms. The van der Waals surface area contributed by atoms with Crippen LogP contribution in [0.3, 0.4) is 0 Å². The van der Waals surface area contributed by atoms with Crippen molar-refractivity contribution in [3.05, 3.63) is 40.3 Å². The Morgan fingerprint density at radius 1 is 1.32 bits per heavy atom. The maximum atomic E-state index is 12.2. The number of pyridine rings is 1. The smallest absolute Gasteiger partial charge is 0.303 e. The van der Waals surface area contributed by atoms with E-state index >= 15 is 0 Å². The third-order valence-electron chi connectivity index (χ3n) is 3.87. The summed E-state index contributed by atoms with van der Waals surface area (Å²) in [5.41, 5.74) is 2.00. The molecular weight excluding hydrogens is 346 g/mol. The van der Waals surface area contributed by atoms with Crippen molar-refractivity contribution in [3.8, 4) is 0 Å². The molecular formula is C16H17N3O5S. The maximum Gasteiger partial charge on any atom is 0.303 e. The highest BCUT2D eigenvalue weighted by Gasteiger charge is 2.13. The molecule has 2 heterocycles. The average Bonchev–Trinajstić information content (AvgIpc) is 2.95. The van der Waals surface area contributed by atoms with E-state index in [2.05, 4.69) is 15.3 Å². The lowest BCUT2D eigenvalue weighted by atomic mass is 10.0. The van der Waals surface area contributed by atoms with Crippen LogP contribution in [-0.4, -0.2) is 41.6 Å². The number of aliphatic carboxylic acids is 1. The topological polar surface area (TPSA) is 132 Å². The Labute approximate surface area is 142 Å². The van der Waals surface area contributed by atoms with Crippen LogP contribution in [0.15, 0.2) is 29.2 Å². The van der Waals surface area contributed by atoms with E-state index in [0.29, 0.717) is 22.1 Å². The van der Waals surface area contributed by atoms with Crippen molar-refractivity contribution in [2.45, 2.75) is 12.8 Å². The van der Waals surface area contributed by atoms with Crippen molar-refractivity contribution in [2.75, 3.05) is 17.4 Å². The molecule has 1 aromatic carbocycles. The molecule has 132 valence electrons. The van der Waals surface area contributed by atoms with Crippen molar-refractivity contribution in [1.82, 2.24) is 9.97 Å². The summed E-state index contributed by atoms with van der Waals surface area (Å²) in [5.74, 6) is -1.12. The summed E-state index contributed by atoms with van der Waals surface area (Å²) in [7, 11) is -3.18. The summed E-state index contributed by atoms with van der Waals surface area (Å²) >= 11 is 0. The van der Waals surface area contributed by atoms with Gasteiger partial charge in [-0.05, 0) is 30.2 Å². The van der Waals surface area contributed by atoms with Gasteiger partial charge >= 0.3 is 5.97 Å². The number of carbonyl (C=O) groups is 1. The maximum absolute atomic E-state index is 12.2. The third kappa shape index (κ3) is 3.66. The fourth-order valence-corrected chi connectivity index (χ4v) is 3.19. The molecule has 0 amide bonds. The number of carboxylic acids is 1. The molecule has 0 fully saturated rings. The fourth-order valence-electron chi connectivity index (χ4n) is 2.76. The van der Waals surface area contributed by atoms with Crippen molar-refractivity contribution >= 4 is 43.3 Å². The zero-order valence-corrected chi connectivity index (χ0v) is 14.2. The number of aromatic amines is 2. The van der Waals surface area contributed by atoms with Gasteiger partial charge in [0.25, 0.3) is 5.56 Å². The molecule has 0 saturated carbocycles. The van der Waals surface area contributed by atoms with Gasteiger partial charge in [0, 0.05) is 40.8 Å². The van der Waals surface area contributed by atoms with Crippen molar-refractivity contribution in [3.63, 3.8) is 0 Å². The number of H-pyrrole nitrogens is 2. The summed E-state index contributed by atoms with van der Waals surface area (Å²) in [6.45, 7) is 0. The standard InChI is InChI=1S/C16H17N3O5S/c1-25(23,24)8-18-10-3-4-12-11(6-10)14-9(2-5-13(20)21)7-17-15(14)16(22)19-12/h3-4,6-7,17-18H,2,5,8H2,1H3,(H,19,22)(H,20,21). The second-order valence-corrected chi connectivity index (χ2v) is 8.06. The predicted octanol–water partition coefficient (Wildman–Crippen LogP) is 1.44. The minimum Gasteiger partial charge on any atom is -0.481 e. The van der Waals surface area contributed by atoms with Gasteiger partial charge in [0.1, 0.15) is 11.4 Å². The van der Waals surface area contributed by atoms with Crippen molar-refractivity contribution in [2.24, 2.45) is 0 Å². The Balaban J connectivity index is 2.14. The molecule has 0 aliphatic heterocycles. The number of hydrogen-bond donors (Lipinski definition) is 4. The number of benzene rings is 1. The van der Waals surface area contributed by atoms with Crippen LogP contribution in [0.5, 0.6) is 0 Å². The normalized spacial score (nSPS) is 11.9. The number of hydrogen-bond acceptors (Lipinski definition) is 5. The fraction of sp³-hybridized carbons (Fsp3) is 0.250. The highest BCUT2D eigenvalue weighted by Crippen LogP contribution is 2.27. The van der Waals surface area contributed by atoms with Gasteiger partial charge in [-0.25, -0.2) is 8.42 Å². The zero-order valence-electron chi connectivity index (χ0n) is 13.4. The number of aromatic nitrogens is 2. The second-order valence-electron chi connectivity index (χ2n) is 5.92. The lowest BCUT2D eigenvalue weighted by Gasteiger charge is -2.08. The molecule has 0 unspecified atom stereocenters. The van der Waals surface area contributed by atoms with Gasteiger partial charge in [-0.3, -0.25) is 9.59 Å². The summed E-state index contributed by atoms with van der Waals surface area (Å²) in [5, 5.41) is 13.1. The molecule has 0 saturated heterocycles. The van der Waals surface area contributed by atoms with Gasteiger partial charge < -0.3 is 20.4 Å². The van der Waals surface area contributed by atoms with E-state index in [4.69, 9.17) is 5.11 Å². The van der Waals surface area contributed by atoms with Crippen LogP contribution >= 0.6 is 0 Å². The molecule has 9 heteroatoms. The van der Waals surface area contributed by atoms with Gasteiger partial charge in [-0.15, -0.1) is 0 Å². The van der Waals surface area contributed by atoms with Crippen molar-refractivity contribution < 1.29 is 18.3 Å². The minimum absolute atomic E-state index is 0.0483.